The monoisotopic (exact) mass is 496 g/mol. The van der Waals surface area contributed by atoms with Crippen LogP contribution in [0.4, 0.5) is 17.1 Å². The Balaban J connectivity index is 1.57. The highest BCUT2D eigenvalue weighted by atomic mass is 35.5. The molecule has 4 aliphatic rings. The van der Waals surface area contributed by atoms with Gasteiger partial charge in [-0.15, -0.1) is 0 Å². The molecule has 180 valence electrons. The van der Waals surface area contributed by atoms with Gasteiger partial charge in [-0.05, 0) is 44.0 Å². The minimum absolute atomic E-state index is 0.00620. The zero-order valence-electron chi connectivity index (χ0n) is 18.9. The summed E-state index contributed by atoms with van der Waals surface area (Å²) in [5.74, 6) is -3.05. The number of imide groups is 1. The van der Waals surface area contributed by atoms with Crippen LogP contribution in [0.5, 0.6) is 5.75 Å². The number of nitrogens with one attached hydrogen (secondary N) is 1. The lowest BCUT2D eigenvalue weighted by molar-refractivity contribution is -0.384. The molecular formula is C24H21ClN4O6. The number of non-ortho nitro benzene ring substituents is 1. The number of hydrogen-bond donors (Lipinski definition) is 1. The van der Waals surface area contributed by atoms with Gasteiger partial charge in [-0.25, -0.2) is 4.90 Å². The van der Waals surface area contributed by atoms with Gasteiger partial charge in [0, 0.05) is 23.7 Å². The van der Waals surface area contributed by atoms with Gasteiger partial charge < -0.3 is 10.1 Å². The maximum Gasteiger partial charge on any atom is 0.271 e. The van der Waals surface area contributed by atoms with E-state index < -0.39 is 34.1 Å². The van der Waals surface area contributed by atoms with E-state index in [0.717, 1.165) is 16.9 Å². The molecule has 35 heavy (non-hydrogen) atoms. The van der Waals surface area contributed by atoms with Crippen molar-refractivity contribution in [3.05, 3.63) is 56.6 Å². The van der Waals surface area contributed by atoms with E-state index in [1.807, 2.05) is 17.9 Å². The number of hydrogen-bond acceptors (Lipinski definition) is 7. The van der Waals surface area contributed by atoms with E-state index in [0.29, 0.717) is 29.2 Å². The van der Waals surface area contributed by atoms with Crippen LogP contribution in [0.2, 0.25) is 5.02 Å². The van der Waals surface area contributed by atoms with Gasteiger partial charge in [0.2, 0.25) is 11.8 Å². The smallest absolute Gasteiger partial charge is 0.271 e. The van der Waals surface area contributed by atoms with Gasteiger partial charge in [-0.3, -0.25) is 29.4 Å². The van der Waals surface area contributed by atoms with Crippen LogP contribution < -0.4 is 15.0 Å². The SMILES string of the molecule is COc1ccc([N+](=O)[O-])cc1N1C(=O)[C@@H]2[C@H]3CCCN3[C@@]3(C(=O)Nc4c(Cl)cc(C)cc43)[C@@H]2C1=O. The van der Waals surface area contributed by atoms with Gasteiger partial charge in [0.25, 0.3) is 11.6 Å². The Morgan fingerprint density at radius 1 is 1.20 bits per heavy atom. The van der Waals surface area contributed by atoms with Gasteiger partial charge in [-0.1, -0.05) is 17.7 Å². The van der Waals surface area contributed by atoms with E-state index in [2.05, 4.69) is 5.32 Å². The van der Waals surface area contributed by atoms with E-state index in [1.165, 1.54) is 25.3 Å². The summed E-state index contributed by atoms with van der Waals surface area (Å²) in [7, 11) is 1.36. The van der Waals surface area contributed by atoms with Crippen molar-refractivity contribution in [2.24, 2.45) is 11.8 Å². The minimum atomic E-state index is -1.38. The number of anilines is 2. The van der Waals surface area contributed by atoms with Crippen LogP contribution in [0.25, 0.3) is 0 Å². The molecule has 3 amide bonds. The van der Waals surface area contributed by atoms with Crippen LogP contribution >= 0.6 is 11.6 Å². The fourth-order valence-corrected chi connectivity index (χ4v) is 6.92. The molecule has 0 radical (unpaired) electrons. The normalized spacial score (nSPS) is 28.9. The first-order valence-electron chi connectivity index (χ1n) is 11.3. The molecule has 4 aliphatic heterocycles. The number of ether oxygens (including phenoxy) is 1. The van der Waals surface area contributed by atoms with Crippen molar-refractivity contribution >= 4 is 46.4 Å². The summed E-state index contributed by atoms with van der Waals surface area (Å²) in [6.07, 6.45) is 1.43. The van der Waals surface area contributed by atoms with Gasteiger partial charge in [0.1, 0.15) is 17.0 Å². The van der Waals surface area contributed by atoms with Crippen LogP contribution in [-0.4, -0.2) is 47.2 Å². The first-order valence-corrected chi connectivity index (χ1v) is 11.7. The summed E-state index contributed by atoms with van der Waals surface area (Å²) in [6.45, 7) is 2.43. The summed E-state index contributed by atoms with van der Waals surface area (Å²) in [4.78, 5) is 55.5. The van der Waals surface area contributed by atoms with Crippen LogP contribution in [0.15, 0.2) is 30.3 Å². The first kappa shape index (κ1) is 22.0. The van der Waals surface area contributed by atoms with E-state index in [9.17, 15) is 24.5 Å². The predicted molar refractivity (Wildman–Crippen MR) is 125 cm³/mol. The van der Waals surface area contributed by atoms with Crippen molar-refractivity contribution in [3.8, 4) is 5.75 Å². The van der Waals surface area contributed by atoms with E-state index >= 15 is 0 Å². The summed E-state index contributed by atoms with van der Waals surface area (Å²) in [5.41, 5.74) is 0.236. The minimum Gasteiger partial charge on any atom is -0.495 e. The molecule has 3 fully saturated rings. The molecule has 0 aliphatic carbocycles. The Morgan fingerprint density at radius 2 is 1.97 bits per heavy atom. The van der Waals surface area contributed by atoms with Crippen molar-refractivity contribution in [2.75, 3.05) is 23.9 Å². The predicted octanol–water partition coefficient (Wildman–Crippen LogP) is 3.00. The molecule has 10 nitrogen and oxygen atoms in total. The zero-order valence-corrected chi connectivity index (χ0v) is 19.7. The Kier molecular flexibility index (Phi) is 4.56. The molecule has 4 atom stereocenters. The highest BCUT2D eigenvalue weighted by Gasteiger charge is 2.75. The molecule has 0 aromatic heterocycles. The molecule has 6 rings (SSSR count). The largest absolute Gasteiger partial charge is 0.495 e. The Hall–Kier alpha value is -3.50. The standard InChI is InChI=1S/C24H21ClN4O6/c1-11-8-13-20(14(25)9-11)26-23(32)24(13)19-18(15-4-3-7-27(15)24)21(30)28(22(19)31)16-10-12(29(33)34)5-6-17(16)35-2/h5-6,8-10,15,18-19H,3-4,7H2,1-2H3,(H,26,32)/t15-,18-,19+,24-/m1/s1. The molecule has 1 N–H and O–H groups in total. The molecule has 0 unspecified atom stereocenters. The lowest BCUT2D eigenvalue weighted by Gasteiger charge is -2.36. The molecule has 0 saturated carbocycles. The van der Waals surface area contributed by atoms with Gasteiger partial charge in [-0.2, -0.15) is 0 Å². The summed E-state index contributed by atoms with van der Waals surface area (Å²) in [6, 6.07) is 7.06. The molecule has 11 heteroatoms. The number of benzene rings is 2. The molecule has 2 aromatic carbocycles. The average molecular weight is 497 g/mol. The molecule has 0 bridgehead atoms. The van der Waals surface area contributed by atoms with Crippen molar-refractivity contribution in [3.63, 3.8) is 0 Å². The number of fused-ring (bicyclic) bond motifs is 7. The van der Waals surface area contributed by atoms with E-state index in [1.54, 1.807) is 6.07 Å². The number of aryl methyl sites for hydroxylation is 1. The summed E-state index contributed by atoms with van der Waals surface area (Å²) >= 11 is 6.49. The molecule has 4 heterocycles. The van der Waals surface area contributed by atoms with Crippen molar-refractivity contribution in [1.82, 2.24) is 4.90 Å². The highest BCUT2D eigenvalue weighted by molar-refractivity contribution is 6.35. The first-order chi connectivity index (χ1) is 16.7. The van der Waals surface area contributed by atoms with Gasteiger partial charge in [0.15, 0.2) is 0 Å². The second-order valence-electron chi connectivity index (χ2n) is 9.42. The molecule has 2 aromatic rings. The third-order valence-electron chi connectivity index (χ3n) is 7.81. The van der Waals surface area contributed by atoms with Crippen molar-refractivity contribution in [2.45, 2.75) is 31.3 Å². The molecule has 1 spiro atoms. The number of nitro benzene ring substituents is 1. The van der Waals surface area contributed by atoms with Crippen molar-refractivity contribution in [1.29, 1.82) is 0 Å². The quantitative estimate of drug-likeness (QED) is 0.393. The highest BCUT2D eigenvalue weighted by Crippen LogP contribution is 2.62. The Labute approximate surface area is 204 Å². The second kappa shape index (κ2) is 7.25. The third-order valence-corrected chi connectivity index (χ3v) is 8.11. The Morgan fingerprint density at radius 3 is 2.69 bits per heavy atom. The third kappa shape index (κ3) is 2.61. The van der Waals surface area contributed by atoms with E-state index in [4.69, 9.17) is 16.3 Å². The number of carbonyl (C=O) groups excluding carboxylic acids is 3. The number of methoxy groups -OCH3 is 1. The summed E-state index contributed by atoms with van der Waals surface area (Å²) in [5, 5.41) is 14.7. The number of nitro groups is 1. The topological polar surface area (TPSA) is 122 Å². The Bertz CT molecular complexity index is 1360. The average Bonchev–Trinajstić information content (AvgIpc) is 3.52. The van der Waals surface area contributed by atoms with Crippen molar-refractivity contribution < 1.29 is 24.0 Å². The maximum atomic E-state index is 14.1. The fourth-order valence-electron chi connectivity index (χ4n) is 6.60. The summed E-state index contributed by atoms with van der Waals surface area (Å²) < 4.78 is 5.35. The number of rotatable bonds is 3. The fraction of sp³-hybridized carbons (Fsp3) is 0.375. The number of amides is 3. The van der Waals surface area contributed by atoms with Crippen LogP contribution in [0, 0.1) is 28.9 Å². The number of carbonyl (C=O) groups is 3. The van der Waals surface area contributed by atoms with Crippen LogP contribution in [0.1, 0.15) is 24.0 Å². The van der Waals surface area contributed by atoms with Gasteiger partial charge in [0.05, 0.1) is 34.6 Å². The van der Waals surface area contributed by atoms with E-state index in [-0.39, 0.29) is 29.1 Å². The number of halogens is 1. The maximum absolute atomic E-state index is 14.1. The molecule has 3 saturated heterocycles. The van der Waals surface area contributed by atoms with Crippen LogP contribution in [0.3, 0.4) is 0 Å². The lowest BCUT2D eigenvalue weighted by atomic mass is 9.75. The van der Waals surface area contributed by atoms with Gasteiger partial charge >= 0.3 is 0 Å². The lowest BCUT2D eigenvalue weighted by Crippen LogP contribution is -2.54. The van der Waals surface area contributed by atoms with Crippen LogP contribution in [-0.2, 0) is 19.9 Å². The zero-order chi connectivity index (χ0) is 24.8. The second-order valence-corrected chi connectivity index (χ2v) is 9.83. The molecular weight excluding hydrogens is 476 g/mol. The number of nitrogens with zero attached hydrogens (tertiary/aromatic N) is 3.